The molecular weight excluding hydrogens is 270 g/mol. The fraction of sp³-hybridized carbons (Fsp3) is 0.800. The minimum atomic E-state index is 0.721. The predicted octanol–water partition coefficient (Wildman–Crippen LogP) is 2.99. The Bertz CT molecular complexity index is 404. The van der Waals surface area contributed by atoms with Crippen molar-refractivity contribution in [2.75, 3.05) is 38.8 Å². The van der Waals surface area contributed by atoms with Gasteiger partial charge in [-0.05, 0) is 19.3 Å². The molecule has 0 spiro atoms. The van der Waals surface area contributed by atoms with E-state index in [0.717, 1.165) is 32.2 Å². The Morgan fingerprint density at radius 3 is 2.90 bits per heavy atom. The summed E-state index contributed by atoms with van der Waals surface area (Å²) in [4.78, 5) is 8.62. The molecule has 5 heteroatoms. The fourth-order valence-electron chi connectivity index (χ4n) is 2.18. The Hall–Kier alpha value is -0.650. The van der Waals surface area contributed by atoms with Crippen LogP contribution in [0.25, 0.3) is 0 Å². The number of aromatic nitrogens is 1. The smallest absolute Gasteiger partial charge is 0.185 e. The molecule has 4 nitrogen and oxygen atoms in total. The van der Waals surface area contributed by atoms with Gasteiger partial charge in [-0.25, -0.2) is 4.98 Å². The van der Waals surface area contributed by atoms with Crippen molar-refractivity contribution < 1.29 is 4.74 Å². The molecule has 1 saturated carbocycles. The normalized spacial score (nSPS) is 14.8. The molecule has 0 bridgehead atoms. The Balaban J connectivity index is 1.96. The summed E-state index contributed by atoms with van der Waals surface area (Å²) in [6, 6.07) is 0. The minimum Gasteiger partial charge on any atom is -0.383 e. The van der Waals surface area contributed by atoms with Gasteiger partial charge in [-0.15, -0.1) is 11.3 Å². The van der Waals surface area contributed by atoms with Gasteiger partial charge >= 0.3 is 0 Å². The molecule has 1 aromatic heterocycles. The van der Waals surface area contributed by atoms with E-state index in [0.29, 0.717) is 0 Å². The van der Waals surface area contributed by atoms with Crippen molar-refractivity contribution in [3.63, 3.8) is 0 Å². The van der Waals surface area contributed by atoms with E-state index in [1.807, 2.05) is 11.3 Å². The molecule has 0 saturated heterocycles. The molecule has 1 aliphatic carbocycles. The second kappa shape index (κ2) is 7.96. The summed E-state index contributed by atoms with van der Waals surface area (Å²) in [5, 5.41) is 4.63. The first-order valence-corrected chi connectivity index (χ1v) is 8.48. The highest BCUT2D eigenvalue weighted by molar-refractivity contribution is 7.15. The van der Waals surface area contributed by atoms with Crippen LogP contribution < -0.4 is 10.2 Å². The molecule has 0 radical (unpaired) electrons. The summed E-state index contributed by atoms with van der Waals surface area (Å²) in [5.74, 6) is 0.721. The Kier molecular flexibility index (Phi) is 6.26. The third-order valence-electron chi connectivity index (χ3n) is 3.62. The zero-order valence-corrected chi connectivity index (χ0v) is 13.8. The fourth-order valence-corrected chi connectivity index (χ4v) is 3.29. The van der Waals surface area contributed by atoms with E-state index in [9.17, 15) is 0 Å². The quantitative estimate of drug-likeness (QED) is 0.674. The number of rotatable bonds is 10. The molecule has 1 aliphatic rings. The molecule has 2 rings (SSSR count). The number of unbranched alkanes of at least 4 members (excludes halogenated alkanes) is 1. The molecule has 1 aromatic rings. The third-order valence-corrected chi connectivity index (χ3v) is 4.81. The number of ether oxygens (including phenoxy) is 1. The van der Waals surface area contributed by atoms with Crippen LogP contribution in [-0.2, 0) is 11.3 Å². The molecule has 1 N–H and O–H groups in total. The zero-order valence-electron chi connectivity index (χ0n) is 12.9. The molecule has 20 heavy (non-hydrogen) atoms. The lowest BCUT2D eigenvalue weighted by Gasteiger charge is -2.14. The molecule has 0 aromatic carbocycles. The average molecular weight is 297 g/mol. The summed E-state index contributed by atoms with van der Waals surface area (Å²) in [6.07, 6.45) is 5.09. The van der Waals surface area contributed by atoms with E-state index in [1.54, 1.807) is 7.11 Å². The van der Waals surface area contributed by atoms with E-state index >= 15 is 0 Å². The zero-order chi connectivity index (χ0) is 14.4. The summed E-state index contributed by atoms with van der Waals surface area (Å²) >= 11 is 1.86. The molecular formula is C15H27N3OS. The van der Waals surface area contributed by atoms with Gasteiger partial charge in [0.1, 0.15) is 0 Å². The average Bonchev–Trinajstić information content (AvgIpc) is 3.21. The summed E-state index contributed by atoms with van der Waals surface area (Å²) in [5.41, 5.74) is 1.35. The topological polar surface area (TPSA) is 37.4 Å². The highest BCUT2D eigenvalue weighted by atomic mass is 32.1. The summed E-state index contributed by atoms with van der Waals surface area (Å²) < 4.78 is 5.07. The lowest BCUT2D eigenvalue weighted by Crippen LogP contribution is -2.18. The van der Waals surface area contributed by atoms with E-state index < -0.39 is 0 Å². The number of nitrogens with one attached hydrogen (secondary N) is 1. The maximum absolute atomic E-state index is 5.07. The number of anilines is 1. The highest BCUT2D eigenvalue weighted by Crippen LogP contribution is 2.44. The van der Waals surface area contributed by atoms with Crippen LogP contribution in [0.2, 0.25) is 0 Å². The Morgan fingerprint density at radius 1 is 1.45 bits per heavy atom. The standard InChI is InChI=1S/C15H27N3OS/c1-4-5-9-18(2)15-17-14(12-6-7-12)13(20-15)11-16-8-10-19-3/h12,16H,4-11H2,1-3H3. The van der Waals surface area contributed by atoms with Gasteiger partial charge in [0, 0.05) is 44.6 Å². The van der Waals surface area contributed by atoms with Crippen molar-refractivity contribution in [2.45, 2.75) is 45.1 Å². The van der Waals surface area contributed by atoms with Crippen LogP contribution in [-0.4, -0.2) is 38.8 Å². The van der Waals surface area contributed by atoms with Gasteiger partial charge in [0.25, 0.3) is 0 Å². The maximum Gasteiger partial charge on any atom is 0.185 e. The van der Waals surface area contributed by atoms with Gasteiger partial charge in [0.15, 0.2) is 5.13 Å². The number of thiazole rings is 1. The first-order valence-electron chi connectivity index (χ1n) is 7.66. The third kappa shape index (κ3) is 4.43. The van der Waals surface area contributed by atoms with Crippen molar-refractivity contribution in [3.8, 4) is 0 Å². The van der Waals surface area contributed by atoms with Gasteiger partial charge in [-0.3, -0.25) is 0 Å². The van der Waals surface area contributed by atoms with Crippen LogP contribution in [0.15, 0.2) is 0 Å². The summed E-state index contributed by atoms with van der Waals surface area (Å²) in [7, 11) is 3.90. The maximum atomic E-state index is 5.07. The number of methoxy groups -OCH3 is 1. The van der Waals surface area contributed by atoms with Crippen LogP contribution in [0, 0.1) is 0 Å². The second-order valence-electron chi connectivity index (χ2n) is 5.52. The number of nitrogens with zero attached hydrogens (tertiary/aromatic N) is 2. The van der Waals surface area contributed by atoms with Gasteiger partial charge in [-0.2, -0.15) is 0 Å². The van der Waals surface area contributed by atoms with Gasteiger partial charge < -0.3 is 15.0 Å². The van der Waals surface area contributed by atoms with Gasteiger partial charge in [-0.1, -0.05) is 13.3 Å². The van der Waals surface area contributed by atoms with E-state index in [4.69, 9.17) is 9.72 Å². The highest BCUT2D eigenvalue weighted by Gasteiger charge is 2.29. The van der Waals surface area contributed by atoms with Gasteiger partial charge in [0.2, 0.25) is 0 Å². The first kappa shape index (κ1) is 15.7. The van der Waals surface area contributed by atoms with Crippen molar-refractivity contribution in [1.29, 1.82) is 0 Å². The summed E-state index contributed by atoms with van der Waals surface area (Å²) in [6.45, 7) is 5.93. The van der Waals surface area contributed by atoms with E-state index in [1.165, 1.54) is 41.4 Å². The molecule has 1 heterocycles. The first-order chi connectivity index (χ1) is 9.76. The molecule has 0 atom stereocenters. The van der Waals surface area contributed by atoms with Crippen LogP contribution in [0.1, 0.15) is 49.1 Å². The van der Waals surface area contributed by atoms with Crippen LogP contribution >= 0.6 is 11.3 Å². The number of hydrogen-bond donors (Lipinski definition) is 1. The SMILES string of the molecule is CCCCN(C)c1nc(C2CC2)c(CNCCOC)s1. The molecule has 1 fully saturated rings. The van der Waals surface area contributed by atoms with E-state index in [-0.39, 0.29) is 0 Å². The molecule has 114 valence electrons. The Morgan fingerprint density at radius 2 is 2.25 bits per heavy atom. The lowest BCUT2D eigenvalue weighted by atomic mass is 10.2. The lowest BCUT2D eigenvalue weighted by molar-refractivity contribution is 0.199. The van der Waals surface area contributed by atoms with Gasteiger partial charge in [0.05, 0.1) is 12.3 Å². The van der Waals surface area contributed by atoms with E-state index in [2.05, 4.69) is 24.2 Å². The Labute approximate surface area is 126 Å². The van der Waals surface area contributed by atoms with Crippen LogP contribution in [0.4, 0.5) is 5.13 Å². The van der Waals surface area contributed by atoms with Crippen LogP contribution in [0.3, 0.4) is 0 Å². The number of hydrogen-bond acceptors (Lipinski definition) is 5. The van der Waals surface area contributed by atoms with Crippen molar-refractivity contribution >= 4 is 16.5 Å². The monoisotopic (exact) mass is 297 g/mol. The molecule has 0 aliphatic heterocycles. The van der Waals surface area contributed by atoms with Crippen molar-refractivity contribution in [2.24, 2.45) is 0 Å². The minimum absolute atomic E-state index is 0.721. The largest absolute Gasteiger partial charge is 0.383 e. The van der Waals surface area contributed by atoms with Crippen LogP contribution in [0.5, 0.6) is 0 Å². The predicted molar refractivity (Wildman–Crippen MR) is 85.8 cm³/mol. The molecule has 0 amide bonds. The molecule has 0 unspecified atom stereocenters. The van der Waals surface area contributed by atoms with Crippen molar-refractivity contribution in [1.82, 2.24) is 10.3 Å². The second-order valence-corrected chi connectivity index (χ2v) is 6.59. The van der Waals surface area contributed by atoms with Crippen molar-refractivity contribution in [3.05, 3.63) is 10.6 Å².